The van der Waals surface area contributed by atoms with Crippen molar-refractivity contribution in [3.63, 3.8) is 0 Å². The summed E-state index contributed by atoms with van der Waals surface area (Å²) in [6.45, 7) is 1.28. The molecule has 1 saturated heterocycles. The summed E-state index contributed by atoms with van der Waals surface area (Å²) in [5.41, 5.74) is 2.32. The number of nitrogens with one attached hydrogen (secondary N) is 1. The van der Waals surface area contributed by atoms with Gasteiger partial charge in [-0.05, 0) is 48.6 Å². The minimum Gasteiger partial charge on any atom is -0.383 e. The lowest BCUT2D eigenvalue weighted by Crippen LogP contribution is -2.31. The first-order valence-electron chi connectivity index (χ1n) is 9.10. The van der Waals surface area contributed by atoms with Gasteiger partial charge in [0.25, 0.3) is 0 Å². The Labute approximate surface area is 168 Å². The lowest BCUT2D eigenvalue weighted by atomic mass is 10.0. The fourth-order valence-corrected chi connectivity index (χ4v) is 3.99. The molecule has 0 aliphatic carbocycles. The first-order valence-corrected chi connectivity index (χ1v) is 9.50. The summed E-state index contributed by atoms with van der Waals surface area (Å²) >= 11 is 5.63. The molecule has 0 spiro atoms. The molecule has 144 valence electrons. The van der Waals surface area contributed by atoms with Crippen LogP contribution in [0, 0.1) is 5.82 Å². The van der Waals surface area contributed by atoms with Crippen molar-refractivity contribution in [2.24, 2.45) is 0 Å². The lowest BCUT2D eigenvalue weighted by Gasteiger charge is -2.29. The molecule has 4 rings (SSSR count). The summed E-state index contributed by atoms with van der Waals surface area (Å²) in [5.74, 6) is -0.312. The molecular weight excluding hydrogens is 375 g/mol. The van der Waals surface area contributed by atoms with Crippen LogP contribution in [0.25, 0.3) is 0 Å². The normalized spacial score (nSPS) is 19.1. The Morgan fingerprint density at radius 2 is 1.96 bits per heavy atom. The van der Waals surface area contributed by atoms with Gasteiger partial charge in [-0.1, -0.05) is 18.2 Å². The fraction of sp³-hybridized carbons (Fsp3) is 0.238. The molecule has 1 aliphatic rings. The molecule has 3 heterocycles. The molecular formula is C21H21FN4OS. The molecule has 2 aromatic heterocycles. The van der Waals surface area contributed by atoms with Gasteiger partial charge < -0.3 is 19.5 Å². The van der Waals surface area contributed by atoms with E-state index < -0.39 is 0 Å². The highest BCUT2D eigenvalue weighted by Crippen LogP contribution is 2.42. The zero-order valence-corrected chi connectivity index (χ0v) is 16.3. The van der Waals surface area contributed by atoms with E-state index in [2.05, 4.69) is 14.9 Å². The molecule has 0 bridgehead atoms. The number of rotatable bonds is 6. The number of pyridine rings is 1. The minimum absolute atomic E-state index is 0.204. The molecule has 0 unspecified atom stereocenters. The van der Waals surface area contributed by atoms with E-state index in [0.29, 0.717) is 24.0 Å². The third-order valence-electron chi connectivity index (χ3n) is 4.91. The number of thiocarbonyl (C=S) groups is 1. The zero-order chi connectivity index (χ0) is 19.5. The number of benzene rings is 1. The number of para-hydroxylation sites is 1. The van der Waals surface area contributed by atoms with Crippen LogP contribution in [0.15, 0.2) is 67.0 Å². The number of aromatic nitrogens is 2. The summed E-state index contributed by atoms with van der Waals surface area (Å²) in [5, 5.41) is 3.83. The van der Waals surface area contributed by atoms with Gasteiger partial charge >= 0.3 is 0 Å². The van der Waals surface area contributed by atoms with E-state index in [-0.39, 0.29) is 17.9 Å². The highest BCUT2D eigenvalue weighted by molar-refractivity contribution is 7.80. The van der Waals surface area contributed by atoms with Crippen LogP contribution in [0.3, 0.4) is 0 Å². The van der Waals surface area contributed by atoms with Gasteiger partial charge in [0.15, 0.2) is 5.11 Å². The summed E-state index contributed by atoms with van der Waals surface area (Å²) in [6.07, 6.45) is 3.76. The van der Waals surface area contributed by atoms with E-state index in [0.717, 1.165) is 11.4 Å². The topological polar surface area (TPSA) is 42.3 Å². The molecule has 3 aromatic rings. The average molecular weight is 396 g/mol. The van der Waals surface area contributed by atoms with E-state index in [9.17, 15) is 4.39 Å². The van der Waals surface area contributed by atoms with E-state index >= 15 is 0 Å². The van der Waals surface area contributed by atoms with E-state index in [4.69, 9.17) is 17.0 Å². The standard InChI is InChI=1S/C21H21FN4OS/c1-27-14-13-25-12-6-10-18(25)20-19(16-8-4-5-11-23-16)24-21(28)26(20)17-9-3-2-7-15(17)22/h2-12,19-20H,13-14H2,1H3,(H,24,28)/t19-,20+/m0/s1. The predicted molar refractivity (Wildman–Crippen MR) is 111 cm³/mol. The first-order chi connectivity index (χ1) is 13.7. The Balaban J connectivity index is 1.83. The largest absolute Gasteiger partial charge is 0.383 e. The second-order valence-corrected chi connectivity index (χ2v) is 6.95. The summed E-state index contributed by atoms with van der Waals surface area (Å²) < 4.78 is 22.1. The van der Waals surface area contributed by atoms with Crippen molar-refractivity contribution in [2.75, 3.05) is 18.6 Å². The highest BCUT2D eigenvalue weighted by atomic mass is 32.1. The van der Waals surface area contributed by atoms with E-state index in [1.807, 2.05) is 47.5 Å². The Hall–Kier alpha value is -2.77. The molecule has 0 saturated carbocycles. The molecule has 1 aromatic carbocycles. The van der Waals surface area contributed by atoms with Gasteiger partial charge in [0, 0.05) is 31.7 Å². The van der Waals surface area contributed by atoms with Crippen molar-refractivity contribution >= 4 is 23.0 Å². The SMILES string of the molecule is COCCn1cccc1[C@@H]1[C@H](c2ccccn2)NC(=S)N1c1ccccc1F. The quantitative estimate of drug-likeness (QED) is 0.641. The van der Waals surface area contributed by atoms with E-state index in [1.54, 1.807) is 25.4 Å². The van der Waals surface area contributed by atoms with E-state index in [1.165, 1.54) is 6.07 Å². The monoisotopic (exact) mass is 396 g/mol. The second kappa shape index (κ2) is 8.08. The molecule has 1 N–H and O–H groups in total. The molecule has 2 atom stereocenters. The van der Waals surface area contributed by atoms with Crippen LogP contribution in [0.2, 0.25) is 0 Å². The molecule has 0 amide bonds. The number of hydrogen-bond acceptors (Lipinski definition) is 3. The lowest BCUT2D eigenvalue weighted by molar-refractivity contribution is 0.186. The number of hydrogen-bond donors (Lipinski definition) is 1. The van der Waals surface area contributed by atoms with Crippen LogP contribution >= 0.6 is 12.2 Å². The molecule has 1 fully saturated rings. The maximum Gasteiger partial charge on any atom is 0.174 e. The Morgan fingerprint density at radius 3 is 2.71 bits per heavy atom. The van der Waals surface area contributed by atoms with Crippen molar-refractivity contribution < 1.29 is 9.13 Å². The average Bonchev–Trinajstić information content (AvgIpc) is 3.31. The number of methoxy groups -OCH3 is 1. The smallest absolute Gasteiger partial charge is 0.174 e. The Morgan fingerprint density at radius 1 is 1.14 bits per heavy atom. The van der Waals surface area contributed by atoms with Gasteiger partial charge in [0.1, 0.15) is 11.9 Å². The maximum absolute atomic E-state index is 14.7. The fourth-order valence-electron chi connectivity index (χ4n) is 3.65. The van der Waals surface area contributed by atoms with Crippen molar-refractivity contribution in [1.29, 1.82) is 0 Å². The molecule has 5 nitrogen and oxygen atoms in total. The van der Waals surface area contributed by atoms with Crippen LogP contribution in [0.1, 0.15) is 23.5 Å². The van der Waals surface area contributed by atoms with Gasteiger partial charge in [-0.25, -0.2) is 4.39 Å². The second-order valence-electron chi connectivity index (χ2n) is 6.57. The third-order valence-corrected chi connectivity index (χ3v) is 5.23. The number of nitrogens with zero attached hydrogens (tertiary/aromatic N) is 3. The molecule has 28 heavy (non-hydrogen) atoms. The van der Waals surface area contributed by atoms with Crippen molar-refractivity contribution in [1.82, 2.24) is 14.9 Å². The van der Waals surface area contributed by atoms with Crippen LogP contribution in [0.5, 0.6) is 0 Å². The number of anilines is 1. The van der Waals surface area contributed by atoms with Crippen molar-refractivity contribution in [3.8, 4) is 0 Å². The van der Waals surface area contributed by atoms with Gasteiger partial charge in [-0.3, -0.25) is 4.98 Å². The van der Waals surface area contributed by atoms with Gasteiger partial charge in [0.05, 0.1) is 24.0 Å². The van der Waals surface area contributed by atoms with Crippen LogP contribution in [0.4, 0.5) is 10.1 Å². The number of halogens is 1. The maximum atomic E-state index is 14.7. The first kappa shape index (κ1) is 18.6. The van der Waals surface area contributed by atoms with Crippen molar-refractivity contribution in [2.45, 2.75) is 18.6 Å². The highest BCUT2D eigenvalue weighted by Gasteiger charge is 2.42. The molecule has 0 radical (unpaired) electrons. The zero-order valence-electron chi connectivity index (χ0n) is 15.5. The van der Waals surface area contributed by atoms with Gasteiger partial charge in [-0.15, -0.1) is 0 Å². The third kappa shape index (κ3) is 3.39. The molecule has 1 aliphatic heterocycles. The van der Waals surface area contributed by atoms with Crippen molar-refractivity contribution in [3.05, 3.63) is 84.2 Å². The van der Waals surface area contributed by atoms with Gasteiger partial charge in [0.2, 0.25) is 0 Å². The Bertz CT molecular complexity index is 962. The van der Waals surface area contributed by atoms with Crippen LogP contribution in [-0.2, 0) is 11.3 Å². The Kier molecular flexibility index (Phi) is 5.36. The minimum atomic E-state index is -0.312. The summed E-state index contributed by atoms with van der Waals surface area (Å²) in [6, 6.07) is 16.1. The predicted octanol–water partition coefficient (Wildman–Crippen LogP) is 3.85. The van der Waals surface area contributed by atoms with Gasteiger partial charge in [-0.2, -0.15) is 0 Å². The summed E-state index contributed by atoms with van der Waals surface area (Å²) in [4.78, 5) is 6.37. The van der Waals surface area contributed by atoms with Crippen LogP contribution < -0.4 is 10.2 Å². The number of ether oxygens (including phenoxy) is 1. The van der Waals surface area contributed by atoms with Crippen LogP contribution in [-0.4, -0.2) is 28.4 Å². The molecule has 7 heteroatoms. The summed E-state index contributed by atoms with van der Waals surface area (Å²) in [7, 11) is 1.68.